The number of benzene rings is 16. The number of aromatic nitrogens is 4. The predicted molar refractivity (Wildman–Crippen MR) is 407 cm³/mol. The molecule has 4 heteroatoms. The number of rotatable bonds is 8. The van der Waals surface area contributed by atoms with Crippen molar-refractivity contribution >= 4 is 109 Å². The lowest BCUT2D eigenvalue weighted by Crippen LogP contribution is -1.96. The van der Waals surface area contributed by atoms with Gasteiger partial charge in [-0.15, -0.1) is 0 Å². The Kier molecular flexibility index (Phi) is 12.9. The highest BCUT2D eigenvalue weighted by molar-refractivity contribution is 6.16. The second kappa shape index (κ2) is 22.5. The van der Waals surface area contributed by atoms with Gasteiger partial charge in [-0.05, 0) is 182 Å². The van der Waals surface area contributed by atoms with Crippen molar-refractivity contribution in [1.82, 2.24) is 18.3 Å². The van der Waals surface area contributed by atoms with E-state index in [1.807, 2.05) is 0 Å². The summed E-state index contributed by atoms with van der Waals surface area (Å²) in [7, 11) is 0. The Morgan fingerprint density at radius 2 is 0.448 bits per heavy atom. The molecule has 0 N–H and O–H groups in total. The highest BCUT2D eigenvalue weighted by atomic mass is 15.0. The van der Waals surface area contributed by atoms with E-state index in [2.05, 4.69) is 382 Å². The maximum Gasteiger partial charge on any atom is 0.0546 e. The zero-order chi connectivity index (χ0) is 63.2. The van der Waals surface area contributed by atoms with Crippen molar-refractivity contribution in [2.75, 3.05) is 0 Å². The van der Waals surface area contributed by atoms with Crippen LogP contribution in [-0.4, -0.2) is 18.3 Å². The minimum atomic E-state index is 1.16. The normalized spacial score (nSPS) is 11.8. The Morgan fingerprint density at radius 1 is 0.135 bits per heavy atom. The summed E-state index contributed by atoms with van der Waals surface area (Å²) in [5.41, 5.74) is 24.2. The molecule has 0 aliphatic carbocycles. The van der Waals surface area contributed by atoms with Gasteiger partial charge in [0.2, 0.25) is 0 Å². The molecule has 0 saturated carbocycles. The lowest BCUT2D eigenvalue weighted by atomic mass is 9.99. The Hall–Kier alpha value is -12.8. The molecule has 20 rings (SSSR count). The monoisotopic (exact) mass is 1220 g/mol. The van der Waals surface area contributed by atoms with E-state index in [1.54, 1.807) is 0 Å². The molecular formula is C92H60N4. The van der Waals surface area contributed by atoms with Crippen molar-refractivity contribution in [2.24, 2.45) is 0 Å². The van der Waals surface area contributed by atoms with Crippen molar-refractivity contribution in [2.45, 2.75) is 0 Å². The van der Waals surface area contributed by atoms with Gasteiger partial charge in [-0.3, -0.25) is 0 Å². The average Bonchev–Trinajstić information content (AvgIpc) is 1.60. The standard InChI is InChI=1S/2C46H30N2/c1-3-13-31(14-4-1)35-27-34-15-7-8-18-37(34)46(30-35)48-43-22-12-10-20-39(43)41-29-33(24-26-45(41)48)32-23-25-44-40(28-32)38-19-9-11-21-42(38)47(44)36-16-5-2-6-17-36;1-2-10-31(11-3-1)33-18-23-37(24-19-33)47-43-16-8-6-14-39(43)41-29-35(21-26-45(41)47)36-22-27-46-42(30-36)40-15-7-9-17-44(40)48(46)38-25-20-32-12-4-5-13-34(32)28-38/h2*1-30H. The van der Waals surface area contributed by atoms with E-state index in [1.165, 1.54) is 170 Å². The topological polar surface area (TPSA) is 19.7 Å². The Bertz CT molecular complexity index is 6420. The third-order valence-corrected chi connectivity index (χ3v) is 19.8. The van der Waals surface area contributed by atoms with Crippen LogP contribution in [0.5, 0.6) is 0 Å². The highest BCUT2D eigenvalue weighted by Crippen LogP contribution is 2.43. The van der Waals surface area contributed by atoms with E-state index in [0.29, 0.717) is 0 Å². The quantitative estimate of drug-likeness (QED) is 0.144. The fraction of sp³-hybridized carbons (Fsp3) is 0. The summed E-state index contributed by atoms with van der Waals surface area (Å²) >= 11 is 0. The molecule has 448 valence electrons. The van der Waals surface area contributed by atoms with Crippen LogP contribution in [0.3, 0.4) is 0 Å². The van der Waals surface area contributed by atoms with Gasteiger partial charge in [0.1, 0.15) is 0 Å². The minimum absolute atomic E-state index is 1.16. The summed E-state index contributed by atoms with van der Waals surface area (Å²) in [6.07, 6.45) is 0. The molecule has 0 unspecified atom stereocenters. The number of hydrogen-bond donors (Lipinski definition) is 0. The molecule has 20 aromatic rings. The van der Waals surface area contributed by atoms with E-state index in [4.69, 9.17) is 0 Å². The summed E-state index contributed by atoms with van der Waals surface area (Å²) in [4.78, 5) is 0. The first-order valence-electron chi connectivity index (χ1n) is 33.0. The van der Waals surface area contributed by atoms with Gasteiger partial charge in [-0.25, -0.2) is 0 Å². The zero-order valence-electron chi connectivity index (χ0n) is 52.4. The molecule has 0 bridgehead atoms. The van der Waals surface area contributed by atoms with E-state index in [-0.39, 0.29) is 0 Å². The zero-order valence-corrected chi connectivity index (χ0v) is 52.4. The van der Waals surface area contributed by atoms with Gasteiger partial charge in [0.05, 0.1) is 49.8 Å². The molecule has 16 aromatic carbocycles. The average molecular weight is 1220 g/mol. The molecule has 0 spiro atoms. The Labute approximate surface area is 554 Å². The van der Waals surface area contributed by atoms with Crippen LogP contribution in [0.25, 0.3) is 176 Å². The smallest absolute Gasteiger partial charge is 0.0546 e. The van der Waals surface area contributed by atoms with Crippen LogP contribution in [0.1, 0.15) is 0 Å². The summed E-state index contributed by atoms with van der Waals surface area (Å²) in [5.74, 6) is 0. The fourth-order valence-electron chi connectivity index (χ4n) is 15.3. The lowest BCUT2D eigenvalue weighted by Gasteiger charge is -2.15. The number of fused-ring (bicyclic) bond motifs is 14. The molecule has 4 heterocycles. The predicted octanol–water partition coefficient (Wildman–Crippen LogP) is 24.7. The van der Waals surface area contributed by atoms with Gasteiger partial charge in [-0.1, -0.05) is 243 Å². The van der Waals surface area contributed by atoms with E-state index < -0.39 is 0 Å². The van der Waals surface area contributed by atoms with Crippen LogP contribution in [-0.2, 0) is 0 Å². The number of para-hydroxylation sites is 5. The first-order valence-corrected chi connectivity index (χ1v) is 33.0. The molecule has 0 saturated heterocycles. The number of nitrogens with zero attached hydrogens (tertiary/aromatic N) is 4. The summed E-state index contributed by atoms with van der Waals surface area (Å²) in [6, 6.07) is 132. The van der Waals surface area contributed by atoms with E-state index in [0.717, 1.165) is 5.69 Å². The van der Waals surface area contributed by atoms with Crippen LogP contribution in [0.2, 0.25) is 0 Å². The lowest BCUT2D eigenvalue weighted by molar-refractivity contribution is 1.18. The maximum absolute atomic E-state index is 2.46. The highest BCUT2D eigenvalue weighted by Gasteiger charge is 2.21. The summed E-state index contributed by atoms with van der Waals surface area (Å²) in [6.45, 7) is 0. The third kappa shape index (κ3) is 9.06. The molecular weight excluding hydrogens is 1160 g/mol. The van der Waals surface area contributed by atoms with Crippen LogP contribution in [0, 0.1) is 0 Å². The maximum atomic E-state index is 2.46. The van der Waals surface area contributed by atoms with Crippen LogP contribution in [0.15, 0.2) is 364 Å². The van der Waals surface area contributed by atoms with E-state index in [9.17, 15) is 0 Å². The van der Waals surface area contributed by atoms with Crippen LogP contribution >= 0.6 is 0 Å². The molecule has 4 nitrogen and oxygen atoms in total. The fourth-order valence-corrected chi connectivity index (χ4v) is 15.3. The minimum Gasteiger partial charge on any atom is -0.309 e. The van der Waals surface area contributed by atoms with Gasteiger partial charge < -0.3 is 18.3 Å². The largest absolute Gasteiger partial charge is 0.309 e. The molecule has 0 aliphatic rings. The van der Waals surface area contributed by atoms with Crippen molar-refractivity contribution in [1.29, 1.82) is 0 Å². The van der Waals surface area contributed by atoms with Crippen molar-refractivity contribution in [3.63, 3.8) is 0 Å². The molecule has 0 amide bonds. The molecule has 0 radical (unpaired) electrons. The van der Waals surface area contributed by atoms with Crippen molar-refractivity contribution in [3.8, 4) is 67.3 Å². The first kappa shape index (κ1) is 54.9. The van der Waals surface area contributed by atoms with Gasteiger partial charge in [0.15, 0.2) is 0 Å². The first-order chi connectivity index (χ1) is 47.6. The molecule has 0 aliphatic heterocycles. The summed E-state index contributed by atoms with van der Waals surface area (Å²) < 4.78 is 9.63. The van der Waals surface area contributed by atoms with Gasteiger partial charge in [0.25, 0.3) is 0 Å². The molecule has 0 atom stereocenters. The van der Waals surface area contributed by atoms with Gasteiger partial charge in [-0.2, -0.15) is 0 Å². The Morgan fingerprint density at radius 3 is 0.927 bits per heavy atom. The van der Waals surface area contributed by atoms with Crippen molar-refractivity contribution < 1.29 is 0 Å². The summed E-state index contributed by atoms with van der Waals surface area (Å²) in [5, 5.41) is 15.1. The van der Waals surface area contributed by atoms with E-state index >= 15 is 0 Å². The molecule has 96 heavy (non-hydrogen) atoms. The molecule has 0 fully saturated rings. The molecule has 4 aromatic heterocycles. The van der Waals surface area contributed by atoms with Gasteiger partial charge >= 0.3 is 0 Å². The number of hydrogen-bond acceptors (Lipinski definition) is 0. The SMILES string of the molecule is c1ccc(-c2cc(-n3c4ccccc4c4cc(-c5ccc6c(c5)c5ccccc5n6-c5ccccc5)ccc43)c3ccccc3c2)cc1.c1ccc(-c2ccc(-n3c4ccccc4c4cc(-c5ccc6c(c5)c5ccccc5n6-c5ccc6ccccc6c5)ccc43)cc2)cc1. The van der Waals surface area contributed by atoms with Crippen LogP contribution < -0.4 is 0 Å². The van der Waals surface area contributed by atoms with Crippen molar-refractivity contribution in [3.05, 3.63) is 364 Å². The van der Waals surface area contributed by atoms with Gasteiger partial charge in [0, 0.05) is 65.5 Å². The second-order valence-corrected chi connectivity index (χ2v) is 25.2. The van der Waals surface area contributed by atoms with Crippen LogP contribution in [0.4, 0.5) is 0 Å². The Balaban J connectivity index is 0.000000135. The second-order valence-electron chi connectivity index (χ2n) is 25.2. The third-order valence-electron chi connectivity index (χ3n) is 19.8.